The van der Waals surface area contributed by atoms with E-state index in [0.29, 0.717) is 13.1 Å². The minimum Gasteiger partial charge on any atom is -0.459 e. The third-order valence-electron chi connectivity index (χ3n) is 4.19. The molecule has 0 spiro atoms. The van der Waals surface area contributed by atoms with Crippen LogP contribution in [0.15, 0.2) is 34.9 Å². The van der Waals surface area contributed by atoms with Crippen LogP contribution in [0.5, 0.6) is 0 Å². The van der Waals surface area contributed by atoms with Crippen molar-refractivity contribution in [3.05, 3.63) is 53.2 Å². The van der Waals surface area contributed by atoms with E-state index < -0.39 is 17.8 Å². The molecule has 0 aromatic carbocycles. The molecule has 0 aliphatic carbocycles. The second-order valence-corrected chi connectivity index (χ2v) is 5.89. The SMILES string of the molecule is Cc1nc(C(F)(F)F)ccc1C(=O)N1CCN(C(=O)c2ccco2)CC1. The van der Waals surface area contributed by atoms with Gasteiger partial charge in [-0.2, -0.15) is 13.2 Å². The fourth-order valence-corrected chi connectivity index (χ4v) is 2.78. The molecule has 1 aliphatic heterocycles. The molecular formula is C17H16F3N3O3. The van der Waals surface area contributed by atoms with Gasteiger partial charge >= 0.3 is 6.18 Å². The Kier molecular flexibility index (Phi) is 4.71. The van der Waals surface area contributed by atoms with Gasteiger partial charge < -0.3 is 14.2 Å². The number of piperazine rings is 1. The number of furan rings is 1. The van der Waals surface area contributed by atoms with E-state index in [-0.39, 0.29) is 36.0 Å². The number of rotatable bonds is 2. The van der Waals surface area contributed by atoms with E-state index in [1.54, 1.807) is 17.0 Å². The average molecular weight is 367 g/mol. The van der Waals surface area contributed by atoms with Crippen molar-refractivity contribution in [2.75, 3.05) is 26.2 Å². The van der Waals surface area contributed by atoms with Crippen molar-refractivity contribution in [2.45, 2.75) is 13.1 Å². The van der Waals surface area contributed by atoms with E-state index in [2.05, 4.69) is 4.98 Å². The van der Waals surface area contributed by atoms with Crippen LogP contribution in [0.2, 0.25) is 0 Å². The molecule has 138 valence electrons. The van der Waals surface area contributed by atoms with Crippen molar-refractivity contribution >= 4 is 11.8 Å². The maximum absolute atomic E-state index is 12.7. The Bertz CT molecular complexity index is 810. The van der Waals surface area contributed by atoms with Gasteiger partial charge in [-0.3, -0.25) is 9.59 Å². The van der Waals surface area contributed by atoms with Crippen LogP contribution < -0.4 is 0 Å². The summed E-state index contributed by atoms with van der Waals surface area (Å²) < 4.78 is 43.1. The third-order valence-corrected chi connectivity index (χ3v) is 4.19. The average Bonchev–Trinajstić information content (AvgIpc) is 3.14. The van der Waals surface area contributed by atoms with Gasteiger partial charge in [-0.1, -0.05) is 0 Å². The van der Waals surface area contributed by atoms with Gasteiger partial charge in [0.2, 0.25) is 0 Å². The van der Waals surface area contributed by atoms with E-state index in [0.717, 1.165) is 12.1 Å². The molecule has 0 unspecified atom stereocenters. The van der Waals surface area contributed by atoms with Crippen molar-refractivity contribution in [3.63, 3.8) is 0 Å². The van der Waals surface area contributed by atoms with Gasteiger partial charge in [-0.15, -0.1) is 0 Å². The lowest BCUT2D eigenvalue weighted by Gasteiger charge is -2.34. The molecule has 0 bridgehead atoms. The van der Waals surface area contributed by atoms with E-state index in [4.69, 9.17) is 4.42 Å². The summed E-state index contributed by atoms with van der Waals surface area (Å²) in [4.78, 5) is 31.3. The fourth-order valence-electron chi connectivity index (χ4n) is 2.78. The van der Waals surface area contributed by atoms with Gasteiger partial charge in [0.1, 0.15) is 5.69 Å². The number of nitrogens with zero attached hydrogens (tertiary/aromatic N) is 3. The second-order valence-electron chi connectivity index (χ2n) is 5.89. The van der Waals surface area contributed by atoms with Crippen molar-refractivity contribution in [1.82, 2.24) is 14.8 Å². The molecule has 1 saturated heterocycles. The summed E-state index contributed by atoms with van der Waals surface area (Å²) in [6.45, 7) is 2.58. The van der Waals surface area contributed by atoms with Gasteiger partial charge in [-0.25, -0.2) is 4.98 Å². The number of amides is 2. The number of carbonyl (C=O) groups excluding carboxylic acids is 2. The Morgan fingerprint density at radius 3 is 2.15 bits per heavy atom. The maximum atomic E-state index is 12.7. The molecule has 3 heterocycles. The van der Waals surface area contributed by atoms with Gasteiger partial charge in [0, 0.05) is 26.2 Å². The highest BCUT2D eigenvalue weighted by atomic mass is 19.4. The van der Waals surface area contributed by atoms with Gasteiger partial charge in [0.15, 0.2) is 5.76 Å². The molecule has 0 N–H and O–H groups in total. The quantitative estimate of drug-likeness (QED) is 0.818. The summed E-state index contributed by atoms with van der Waals surface area (Å²) in [6, 6.07) is 5.13. The van der Waals surface area contributed by atoms with Crippen molar-refractivity contribution in [3.8, 4) is 0 Å². The van der Waals surface area contributed by atoms with E-state index in [1.165, 1.54) is 18.1 Å². The van der Waals surface area contributed by atoms with Crippen molar-refractivity contribution < 1.29 is 27.2 Å². The van der Waals surface area contributed by atoms with E-state index in [1.807, 2.05) is 0 Å². The number of hydrogen-bond donors (Lipinski definition) is 0. The first-order chi connectivity index (χ1) is 12.3. The van der Waals surface area contributed by atoms with Crippen LogP contribution in [0.1, 0.15) is 32.3 Å². The van der Waals surface area contributed by atoms with E-state index in [9.17, 15) is 22.8 Å². The molecule has 26 heavy (non-hydrogen) atoms. The fraction of sp³-hybridized carbons (Fsp3) is 0.353. The molecule has 0 radical (unpaired) electrons. The predicted molar refractivity (Wildman–Crippen MR) is 84.5 cm³/mol. The monoisotopic (exact) mass is 367 g/mol. The predicted octanol–water partition coefficient (Wildman–Crippen LogP) is 2.60. The van der Waals surface area contributed by atoms with Crippen LogP contribution in [0.3, 0.4) is 0 Å². The summed E-state index contributed by atoms with van der Waals surface area (Å²) in [5.41, 5.74) is -0.872. The molecular weight excluding hydrogens is 351 g/mol. The van der Waals surface area contributed by atoms with Gasteiger partial charge in [0.25, 0.3) is 11.8 Å². The minimum absolute atomic E-state index is 0.0268. The topological polar surface area (TPSA) is 66.7 Å². The van der Waals surface area contributed by atoms with Crippen LogP contribution in [-0.2, 0) is 6.18 Å². The number of carbonyl (C=O) groups is 2. The summed E-state index contributed by atoms with van der Waals surface area (Å²) in [7, 11) is 0. The number of aryl methyl sites for hydroxylation is 1. The number of halogens is 3. The number of hydrogen-bond acceptors (Lipinski definition) is 4. The van der Waals surface area contributed by atoms with Crippen molar-refractivity contribution in [1.29, 1.82) is 0 Å². The summed E-state index contributed by atoms with van der Waals surface area (Å²) in [5, 5.41) is 0. The maximum Gasteiger partial charge on any atom is 0.433 e. The minimum atomic E-state index is -4.55. The Morgan fingerprint density at radius 2 is 1.65 bits per heavy atom. The highest BCUT2D eigenvalue weighted by Crippen LogP contribution is 2.28. The number of alkyl halides is 3. The zero-order valence-corrected chi connectivity index (χ0v) is 13.9. The van der Waals surface area contributed by atoms with Crippen LogP contribution in [0, 0.1) is 6.92 Å². The first-order valence-electron chi connectivity index (χ1n) is 7.94. The summed E-state index contributed by atoms with van der Waals surface area (Å²) in [6.07, 6.45) is -3.14. The zero-order valence-electron chi connectivity index (χ0n) is 13.9. The molecule has 6 nitrogen and oxygen atoms in total. The molecule has 0 atom stereocenters. The van der Waals surface area contributed by atoms with Crippen LogP contribution in [0.4, 0.5) is 13.2 Å². The highest BCUT2D eigenvalue weighted by Gasteiger charge is 2.34. The molecule has 9 heteroatoms. The zero-order chi connectivity index (χ0) is 18.9. The van der Waals surface area contributed by atoms with Gasteiger partial charge in [-0.05, 0) is 31.2 Å². The van der Waals surface area contributed by atoms with E-state index >= 15 is 0 Å². The summed E-state index contributed by atoms with van der Waals surface area (Å²) >= 11 is 0. The normalized spacial score (nSPS) is 15.2. The van der Waals surface area contributed by atoms with Crippen LogP contribution in [0.25, 0.3) is 0 Å². The number of pyridine rings is 1. The molecule has 3 rings (SSSR count). The Hall–Kier alpha value is -2.84. The Morgan fingerprint density at radius 1 is 1.04 bits per heavy atom. The molecule has 2 aromatic rings. The second kappa shape index (κ2) is 6.81. The highest BCUT2D eigenvalue weighted by molar-refractivity contribution is 5.96. The molecule has 0 saturated carbocycles. The van der Waals surface area contributed by atoms with Gasteiger partial charge in [0.05, 0.1) is 17.5 Å². The largest absolute Gasteiger partial charge is 0.459 e. The molecule has 1 fully saturated rings. The Balaban J connectivity index is 1.66. The van der Waals surface area contributed by atoms with Crippen molar-refractivity contribution in [2.24, 2.45) is 0 Å². The van der Waals surface area contributed by atoms with Crippen LogP contribution in [-0.4, -0.2) is 52.8 Å². The first-order valence-corrected chi connectivity index (χ1v) is 7.94. The number of aromatic nitrogens is 1. The lowest BCUT2D eigenvalue weighted by Crippen LogP contribution is -2.50. The lowest BCUT2D eigenvalue weighted by molar-refractivity contribution is -0.141. The first kappa shape index (κ1) is 18.0. The molecule has 2 amide bonds. The third kappa shape index (κ3) is 3.56. The summed E-state index contributed by atoms with van der Waals surface area (Å²) in [5.74, 6) is -0.421. The molecule has 2 aromatic heterocycles. The smallest absolute Gasteiger partial charge is 0.433 e. The lowest BCUT2D eigenvalue weighted by atomic mass is 10.1. The van der Waals surface area contributed by atoms with Crippen LogP contribution >= 0.6 is 0 Å². The standard InChI is InChI=1S/C17H16F3N3O3/c1-11-12(4-5-14(21-11)17(18,19)20)15(24)22-6-8-23(9-7-22)16(25)13-3-2-10-26-13/h2-5,10H,6-9H2,1H3. The molecule has 1 aliphatic rings. The Labute approximate surface area is 147 Å².